The molecule has 3 aromatic heterocycles. The summed E-state index contributed by atoms with van der Waals surface area (Å²) in [7, 11) is 1.39. The minimum Gasteiger partial charge on any atom is -0.494 e. The van der Waals surface area contributed by atoms with E-state index < -0.39 is 11.6 Å². The van der Waals surface area contributed by atoms with Crippen LogP contribution < -0.4 is 16.1 Å². The van der Waals surface area contributed by atoms with E-state index in [1.165, 1.54) is 30.1 Å². The van der Waals surface area contributed by atoms with Gasteiger partial charge in [-0.2, -0.15) is 10.1 Å². The van der Waals surface area contributed by atoms with Gasteiger partial charge in [-0.3, -0.25) is 14.3 Å². The molecule has 11 heteroatoms. The zero-order valence-corrected chi connectivity index (χ0v) is 23.0. The molecule has 0 fully saturated rings. The number of methoxy groups -OCH3 is 1. The van der Waals surface area contributed by atoms with Crippen molar-refractivity contribution in [3.05, 3.63) is 117 Å². The lowest BCUT2D eigenvalue weighted by molar-refractivity contribution is 0.386. The third-order valence-electron chi connectivity index (χ3n) is 7.22. The van der Waals surface area contributed by atoms with Gasteiger partial charge in [-0.05, 0) is 41.7 Å². The fraction of sp³-hybridized carbons (Fsp3) is 0.194. The van der Waals surface area contributed by atoms with Crippen LogP contribution in [-0.2, 0) is 12.8 Å². The van der Waals surface area contributed by atoms with Crippen LogP contribution in [0.25, 0.3) is 34.0 Å². The molecular weight excluding hydrogens is 539 g/mol. The Balaban J connectivity index is 1.43. The number of H-pyrrole nitrogens is 1. The average Bonchev–Trinajstić information content (AvgIpc) is 3.67. The number of rotatable bonds is 9. The topological polar surface area (TPSA) is 120 Å². The first kappa shape index (κ1) is 26.9. The normalized spacial score (nSPS) is 11.3. The molecule has 1 N–H and O–H groups in total. The maximum atomic E-state index is 14.7. The minimum atomic E-state index is -0.624. The van der Waals surface area contributed by atoms with Gasteiger partial charge in [-0.1, -0.05) is 67.0 Å². The van der Waals surface area contributed by atoms with Gasteiger partial charge in [0.25, 0.3) is 5.56 Å². The van der Waals surface area contributed by atoms with E-state index in [0.29, 0.717) is 35.7 Å². The van der Waals surface area contributed by atoms with Gasteiger partial charge in [-0.15, -0.1) is 0 Å². The second kappa shape index (κ2) is 11.3. The molecule has 3 aromatic carbocycles. The predicted molar refractivity (Wildman–Crippen MR) is 155 cm³/mol. The number of aryl methyl sites for hydroxylation is 1. The molecule has 0 saturated carbocycles. The lowest BCUT2D eigenvalue weighted by Crippen LogP contribution is -2.28. The van der Waals surface area contributed by atoms with Crippen LogP contribution in [0.3, 0.4) is 0 Å². The van der Waals surface area contributed by atoms with E-state index in [2.05, 4.69) is 27.1 Å². The van der Waals surface area contributed by atoms with Crippen molar-refractivity contribution in [3.63, 3.8) is 0 Å². The van der Waals surface area contributed by atoms with Crippen LogP contribution in [0.2, 0.25) is 0 Å². The summed E-state index contributed by atoms with van der Waals surface area (Å²) in [6, 6.07) is 19.8. The number of nitrogens with one attached hydrogen (secondary N) is 1. The molecular formula is C31H27FN6O4. The lowest BCUT2D eigenvalue weighted by Gasteiger charge is -2.16. The zero-order valence-electron chi connectivity index (χ0n) is 23.0. The molecule has 0 unspecified atom stereocenters. The Bertz CT molecular complexity index is 2010. The Morgan fingerprint density at radius 2 is 1.81 bits per heavy atom. The summed E-state index contributed by atoms with van der Waals surface area (Å²) in [6.07, 6.45) is 4.18. The Kier molecular flexibility index (Phi) is 7.22. The monoisotopic (exact) mass is 566 g/mol. The number of hydrogen-bond donors (Lipinski definition) is 1. The van der Waals surface area contributed by atoms with Crippen molar-refractivity contribution in [2.45, 2.75) is 32.6 Å². The van der Waals surface area contributed by atoms with Crippen molar-refractivity contribution in [2.75, 3.05) is 7.11 Å². The summed E-state index contributed by atoms with van der Waals surface area (Å²) in [6.45, 7) is 2.09. The summed E-state index contributed by atoms with van der Waals surface area (Å²) in [5.74, 6) is -0.460. The van der Waals surface area contributed by atoms with Crippen molar-refractivity contribution in [1.82, 2.24) is 29.3 Å². The quantitative estimate of drug-likeness (QED) is 0.262. The SMILES string of the molecule is CCCCc1c(Cc2ccc(-c3ccccc3-c3noc(=O)[nH]3)cc2)c(=O)n(-c2ccc(OC)c(F)c2)c2ncnn12. The van der Waals surface area contributed by atoms with Crippen LogP contribution in [0.15, 0.2) is 87.2 Å². The highest BCUT2D eigenvalue weighted by atomic mass is 19.1. The van der Waals surface area contributed by atoms with Crippen LogP contribution in [0.4, 0.5) is 4.39 Å². The highest BCUT2D eigenvalue weighted by Crippen LogP contribution is 2.30. The van der Waals surface area contributed by atoms with E-state index in [0.717, 1.165) is 40.8 Å². The Morgan fingerprint density at radius 1 is 1.02 bits per heavy atom. The molecule has 0 bridgehead atoms. The summed E-state index contributed by atoms with van der Waals surface area (Å²) in [5.41, 5.74) is 4.80. The van der Waals surface area contributed by atoms with Crippen LogP contribution in [0.1, 0.15) is 36.6 Å². The maximum absolute atomic E-state index is 14.7. The molecule has 0 atom stereocenters. The first-order chi connectivity index (χ1) is 20.5. The third kappa shape index (κ3) is 4.89. The van der Waals surface area contributed by atoms with Gasteiger partial charge < -0.3 is 4.74 Å². The molecule has 42 heavy (non-hydrogen) atoms. The van der Waals surface area contributed by atoms with Gasteiger partial charge in [-0.25, -0.2) is 18.3 Å². The lowest BCUT2D eigenvalue weighted by atomic mass is 9.96. The molecule has 6 aromatic rings. The van der Waals surface area contributed by atoms with Crippen molar-refractivity contribution >= 4 is 5.78 Å². The van der Waals surface area contributed by atoms with Crippen LogP contribution in [0, 0.1) is 5.82 Å². The molecule has 0 saturated heterocycles. The maximum Gasteiger partial charge on any atom is 0.439 e. The van der Waals surface area contributed by atoms with Crippen molar-refractivity contribution < 1.29 is 13.7 Å². The van der Waals surface area contributed by atoms with Gasteiger partial charge in [0.2, 0.25) is 5.78 Å². The van der Waals surface area contributed by atoms with Gasteiger partial charge in [0, 0.05) is 23.6 Å². The molecule has 6 rings (SSSR count). The highest BCUT2D eigenvalue weighted by molar-refractivity contribution is 5.80. The number of benzene rings is 3. The number of aromatic amines is 1. The highest BCUT2D eigenvalue weighted by Gasteiger charge is 2.21. The second-order valence-electron chi connectivity index (χ2n) is 9.82. The van der Waals surface area contributed by atoms with Crippen LogP contribution in [-0.4, -0.2) is 36.4 Å². The van der Waals surface area contributed by atoms with Gasteiger partial charge in [0.15, 0.2) is 17.4 Å². The molecule has 212 valence electrons. The van der Waals surface area contributed by atoms with E-state index in [1.807, 2.05) is 48.5 Å². The zero-order chi connectivity index (χ0) is 29.2. The number of unbranched alkanes of at least 4 members (excludes halogenated alkanes) is 1. The first-order valence-corrected chi connectivity index (χ1v) is 13.5. The molecule has 0 aliphatic carbocycles. The van der Waals surface area contributed by atoms with Crippen molar-refractivity contribution in [1.29, 1.82) is 0 Å². The molecule has 0 amide bonds. The van der Waals surface area contributed by atoms with Crippen molar-refractivity contribution in [2.24, 2.45) is 0 Å². The number of aromatic nitrogens is 6. The van der Waals surface area contributed by atoms with Gasteiger partial charge in [0.05, 0.1) is 18.5 Å². The minimum absolute atomic E-state index is 0.0839. The van der Waals surface area contributed by atoms with E-state index in [9.17, 15) is 14.0 Å². The Morgan fingerprint density at radius 3 is 2.50 bits per heavy atom. The summed E-state index contributed by atoms with van der Waals surface area (Å²) in [4.78, 5) is 32.6. The van der Waals surface area contributed by atoms with Gasteiger partial charge >= 0.3 is 5.76 Å². The standard InChI is InChI=1S/C31H27FN6O4/c1-3-4-9-26-24(29(39)37(30-33-18-34-38(26)30)21-14-15-27(41-2)25(32)17-21)16-19-10-12-20(13-11-19)22-7-5-6-8-23(22)28-35-31(40)42-36-28/h5-8,10-15,17-18H,3-4,9,16H2,1-2H3,(H,35,36,40). The van der Waals surface area contributed by atoms with Crippen LogP contribution in [0.5, 0.6) is 5.75 Å². The van der Waals surface area contributed by atoms with E-state index in [4.69, 9.17) is 9.26 Å². The smallest absolute Gasteiger partial charge is 0.439 e. The third-order valence-corrected chi connectivity index (χ3v) is 7.22. The number of ether oxygens (including phenoxy) is 1. The summed E-state index contributed by atoms with van der Waals surface area (Å²) in [5, 5.41) is 8.27. The van der Waals surface area contributed by atoms with Crippen LogP contribution >= 0.6 is 0 Å². The number of hydrogen-bond acceptors (Lipinski definition) is 7. The summed E-state index contributed by atoms with van der Waals surface area (Å²) >= 11 is 0. The van der Waals surface area contributed by atoms with E-state index in [-0.39, 0.29) is 11.3 Å². The summed E-state index contributed by atoms with van der Waals surface area (Å²) < 4.78 is 27.5. The molecule has 0 aliphatic heterocycles. The molecule has 0 spiro atoms. The Labute approximate surface area is 239 Å². The number of fused-ring (bicyclic) bond motifs is 1. The molecule has 0 aliphatic rings. The largest absolute Gasteiger partial charge is 0.494 e. The molecule has 3 heterocycles. The second-order valence-corrected chi connectivity index (χ2v) is 9.82. The molecule has 10 nitrogen and oxygen atoms in total. The van der Waals surface area contributed by atoms with Gasteiger partial charge in [0.1, 0.15) is 6.33 Å². The average molecular weight is 567 g/mol. The first-order valence-electron chi connectivity index (χ1n) is 13.5. The van der Waals surface area contributed by atoms with E-state index in [1.54, 1.807) is 10.6 Å². The fourth-order valence-corrected chi connectivity index (χ4v) is 5.15. The van der Waals surface area contributed by atoms with Crippen molar-refractivity contribution in [3.8, 4) is 34.0 Å². The molecule has 0 radical (unpaired) electrons. The number of nitrogens with zero attached hydrogens (tertiary/aromatic N) is 5. The van der Waals surface area contributed by atoms with E-state index >= 15 is 0 Å². The number of halogens is 1. The fourth-order valence-electron chi connectivity index (χ4n) is 5.15. The predicted octanol–water partition coefficient (Wildman–Crippen LogP) is 4.97. The Hall–Kier alpha value is -5.32.